The number of aliphatic hydroxyl groups is 1. The number of halogens is 2. The van der Waals surface area contributed by atoms with Gasteiger partial charge in [-0.1, -0.05) is 13.0 Å². The Labute approximate surface area is 192 Å². The second kappa shape index (κ2) is 8.57. The number of hydrogen-bond acceptors (Lipinski definition) is 6. The fourth-order valence-electron chi connectivity index (χ4n) is 4.26. The number of benzene rings is 1. The predicted octanol–water partition coefficient (Wildman–Crippen LogP) is 4.35. The van der Waals surface area contributed by atoms with Gasteiger partial charge in [0, 0.05) is 39.4 Å². The molecule has 0 amide bonds. The van der Waals surface area contributed by atoms with Crippen LogP contribution < -0.4 is 0 Å². The number of aryl methyl sites for hydroxylation is 2. The summed E-state index contributed by atoms with van der Waals surface area (Å²) in [4.78, 5) is 11.1. The van der Waals surface area contributed by atoms with Crippen molar-refractivity contribution < 1.29 is 13.9 Å². The van der Waals surface area contributed by atoms with E-state index in [4.69, 9.17) is 4.98 Å². The highest BCUT2D eigenvalue weighted by Gasteiger charge is 2.39. The standard InChI is InChI=1S/C22H23F2N5OS2/c1-14(31-10-16-9-29-19-4-2-3-5-20(19)32-21(29)27-16)22(30,11-28-13-25-12-26-28)17-7-6-15(23)8-18(17)24/h6-9,12-14,30H,2-5,10-11H2,1H3/t14-,22-/m1/s1. The molecule has 168 valence electrons. The highest BCUT2D eigenvalue weighted by molar-refractivity contribution is 7.99. The third kappa shape index (κ3) is 3.95. The molecule has 4 aromatic rings. The van der Waals surface area contributed by atoms with Crippen LogP contribution in [0.25, 0.3) is 4.96 Å². The topological polar surface area (TPSA) is 68.2 Å². The van der Waals surface area contributed by atoms with Gasteiger partial charge in [-0.2, -0.15) is 5.10 Å². The molecule has 0 saturated carbocycles. The maximum Gasteiger partial charge on any atom is 0.194 e. The van der Waals surface area contributed by atoms with Gasteiger partial charge in [0.1, 0.15) is 29.9 Å². The summed E-state index contributed by atoms with van der Waals surface area (Å²) >= 11 is 3.23. The van der Waals surface area contributed by atoms with Gasteiger partial charge in [0.05, 0.1) is 12.2 Å². The Morgan fingerprint density at radius 3 is 2.91 bits per heavy atom. The van der Waals surface area contributed by atoms with Crippen molar-refractivity contribution in [2.24, 2.45) is 0 Å². The Kier molecular flexibility index (Phi) is 5.77. The molecule has 1 aliphatic carbocycles. The van der Waals surface area contributed by atoms with Crippen molar-refractivity contribution in [3.63, 3.8) is 0 Å². The van der Waals surface area contributed by atoms with E-state index in [9.17, 15) is 13.9 Å². The first-order valence-corrected chi connectivity index (χ1v) is 12.4. The summed E-state index contributed by atoms with van der Waals surface area (Å²) in [5.41, 5.74) is 0.703. The Morgan fingerprint density at radius 1 is 1.28 bits per heavy atom. The van der Waals surface area contributed by atoms with E-state index in [1.54, 1.807) is 11.3 Å². The number of aromatic nitrogens is 5. The van der Waals surface area contributed by atoms with Crippen LogP contribution in [0.4, 0.5) is 8.78 Å². The molecule has 0 aliphatic heterocycles. The van der Waals surface area contributed by atoms with E-state index < -0.39 is 22.5 Å². The molecule has 1 aliphatic rings. The maximum absolute atomic E-state index is 14.7. The average molecular weight is 476 g/mol. The van der Waals surface area contributed by atoms with E-state index in [2.05, 4.69) is 20.7 Å². The summed E-state index contributed by atoms with van der Waals surface area (Å²) < 4.78 is 31.9. The molecule has 32 heavy (non-hydrogen) atoms. The van der Waals surface area contributed by atoms with E-state index >= 15 is 0 Å². The zero-order chi connectivity index (χ0) is 22.3. The molecule has 10 heteroatoms. The van der Waals surface area contributed by atoms with Crippen LogP contribution in [0.1, 0.15) is 41.6 Å². The summed E-state index contributed by atoms with van der Waals surface area (Å²) in [5.74, 6) is -0.905. The molecule has 1 N–H and O–H groups in total. The van der Waals surface area contributed by atoms with Gasteiger partial charge in [-0.15, -0.1) is 23.1 Å². The monoisotopic (exact) mass is 475 g/mol. The van der Waals surface area contributed by atoms with Crippen LogP contribution in [0.15, 0.2) is 37.1 Å². The van der Waals surface area contributed by atoms with Gasteiger partial charge in [0.2, 0.25) is 0 Å². The molecular formula is C22H23F2N5OS2. The van der Waals surface area contributed by atoms with Crippen LogP contribution in [-0.2, 0) is 30.7 Å². The van der Waals surface area contributed by atoms with Crippen molar-refractivity contribution in [1.29, 1.82) is 0 Å². The quantitative estimate of drug-likeness (QED) is 0.430. The van der Waals surface area contributed by atoms with Crippen molar-refractivity contribution >= 4 is 28.1 Å². The summed E-state index contributed by atoms with van der Waals surface area (Å²) in [5, 5.41) is 15.3. The second-order valence-corrected chi connectivity index (χ2v) is 10.5. The molecule has 6 nitrogen and oxygen atoms in total. The third-order valence-electron chi connectivity index (χ3n) is 6.04. The minimum absolute atomic E-state index is 0.00446. The number of thiazole rings is 1. The van der Waals surface area contributed by atoms with Crippen LogP contribution in [0.3, 0.4) is 0 Å². The van der Waals surface area contributed by atoms with Crippen molar-refractivity contribution in [2.45, 2.75) is 55.8 Å². The largest absolute Gasteiger partial charge is 0.382 e. The molecule has 0 radical (unpaired) electrons. The molecule has 0 bridgehead atoms. The first-order chi connectivity index (χ1) is 15.4. The van der Waals surface area contributed by atoms with Crippen LogP contribution in [0.2, 0.25) is 0 Å². The molecule has 3 aromatic heterocycles. The Balaban J connectivity index is 1.39. The Morgan fingerprint density at radius 2 is 2.12 bits per heavy atom. The molecule has 0 fully saturated rings. The smallest absolute Gasteiger partial charge is 0.194 e. The van der Waals surface area contributed by atoms with E-state index in [0.717, 1.165) is 35.6 Å². The number of hydrogen-bond donors (Lipinski definition) is 1. The van der Waals surface area contributed by atoms with E-state index in [1.165, 1.54) is 58.6 Å². The number of imidazole rings is 1. The lowest BCUT2D eigenvalue weighted by molar-refractivity contribution is 0.0133. The van der Waals surface area contributed by atoms with Crippen LogP contribution in [0.5, 0.6) is 0 Å². The van der Waals surface area contributed by atoms with Gasteiger partial charge in [-0.05, 0) is 31.7 Å². The first-order valence-electron chi connectivity index (χ1n) is 10.5. The predicted molar refractivity (Wildman–Crippen MR) is 121 cm³/mol. The molecule has 0 saturated heterocycles. The third-order valence-corrected chi connectivity index (χ3v) is 8.55. The molecule has 0 spiro atoms. The highest BCUT2D eigenvalue weighted by Crippen LogP contribution is 2.38. The first kappa shape index (κ1) is 21.5. The SMILES string of the molecule is C[C@@H](SCc1cn2c3c(sc2n1)CCCC3)[C@](O)(Cn1cncn1)c1ccc(F)cc1F. The lowest BCUT2D eigenvalue weighted by Gasteiger charge is -2.34. The zero-order valence-corrected chi connectivity index (χ0v) is 19.2. The van der Waals surface area contributed by atoms with E-state index in [-0.39, 0.29) is 12.1 Å². The van der Waals surface area contributed by atoms with Gasteiger partial charge in [0.25, 0.3) is 0 Å². The number of nitrogens with zero attached hydrogens (tertiary/aromatic N) is 5. The average Bonchev–Trinajstić information content (AvgIpc) is 3.48. The van der Waals surface area contributed by atoms with Gasteiger partial charge in [-0.25, -0.2) is 23.4 Å². The molecule has 5 rings (SSSR count). The van der Waals surface area contributed by atoms with Crippen molar-refractivity contribution in [1.82, 2.24) is 24.1 Å². The van der Waals surface area contributed by atoms with Crippen molar-refractivity contribution in [2.75, 3.05) is 0 Å². The molecule has 3 heterocycles. The van der Waals surface area contributed by atoms with Gasteiger partial charge in [0.15, 0.2) is 4.96 Å². The minimum Gasteiger partial charge on any atom is -0.382 e. The molecule has 0 unspecified atom stereocenters. The Bertz CT molecular complexity index is 1240. The fraction of sp³-hybridized carbons (Fsp3) is 0.409. The van der Waals surface area contributed by atoms with Gasteiger partial charge < -0.3 is 5.11 Å². The van der Waals surface area contributed by atoms with Gasteiger partial charge >= 0.3 is 0 Å². The summed E-state index contributed by atoms with van der Waals surface area (Å²) in [7, 11) is 0. The lowest BCUT2D eigenvalue weighted by atomic mass is 9.90. The number of fused-ring (bicyclic) bond motifs is 3. The lowest BCUT2D eigenvalue weighted by Crippen LogP contribution is -2.41. The fourth-order valence-corrected chi connectivity index (χ4v) is 6.51. The summed E-state index contributed by atoms with van der Waals surface area (Å²) in [6.45, 7) is 1.83. The maximum atomic E-state index is 14.7. The van der Waals surface area contributed by atoms with E-state index in [1.807, 2.05) is 6.92 Å². The summed E-state index contributed by atoms with van der Waals surface area (Å²) in [6, 6.07) is 3.26. The van der Waals surface area contributed by atoms with E-state index in [0.29, 0.717) is 5.75 Å². The van der Waals surface area contributed by atoms with Crippen molar-refractivity contribution in [3.05, 3.63) is 70.5 Å². The molecule has 2 atom stereocenters. The zero-order valence-electron chi connectivity index (χ0n) is 17.5. The van der Waals surface area contributed by atoms with Crippen LogP contribution >= 0.6 is 23.1 Å². The second-order valence-electron chi connectivity index (χ2n) is 8.16. The van der Waals surface area contributed by atoms with Crippen LogP contribution in [0, 0.1) is 11.6 Å². The van der Waals surface area contributed by atoms with Gasteiger partial charge in [-0.3, -0.25) is 4.40 Å². The highest BCUT2D eigenvalue weighted by atomic mass is 32.2. The Hall–Kier alpha value is -2.30. The molecular weight excluding hydrogens is 452 g/mol. The normalized spacial score (nSPS) is 16.8. The number of rotatable bonds is 7. The summed E-state index contributed by atoms with van der Waals surface area (Å²) in [6.07, 6.45) is 9.55. The number of thioether (sulfide) groups is 1. The van der Waals surface area contributed by atoms with Crippen LogP contribution in [-0.4, -0.2) is 34.5 Å². The van der Waals surface area contributed by atoms with Crippen molar-refractivity contribution in [3.8, 4) is 0 Å². The minimum atomic E-state index is -1.62. The molecule has 1 aromatic carbocycles.